The van der Waals surface area contributed by atoms with Crippen LogP contribution in [0.1, 0.15) is 48.9 Å². The van der Waals surface area contributed by atoms with Gasteiger partial charge in [0.05, 0.1) is 18.8 Å². The Labute approximate surface area is 145 Å². The molecule has 0 aliphatic rings. The van der Waals surface area contributed by atoms with E-state index < -0.39 is 0 Å². The van der Waals surface area contributed by atoms with E-state index in [4.69, 9.17) is 18.9 Å². The molecule has 0 saturated carbocycles. The van der Waals surface area contributed by atoms with Crippen LogP contribution in [0.25, 0.3) is 0 Å². The summed E-state index contributed by atoms with van der Waals surface area (Å²) in [4.78, 5) is 11.9. The molecule has 0 N–H and O–H groups in total. The lowest BCUT2D eigenvalue weighted by Gasteiger charge is -2.08. The van der Waals surface area contributed by atoms with Gasteiger partial charge in [0.2, 0.25) is 0 Å². The summed E-state index contributed by atoms with van der Waals surface area (Å²) in [6, 6.07) is 7.09. The fraction of sp³-hybridized carbons (Fsp3) is 0.632. The van der Waals surface area contributed by atoms with Crippen LogP contribution in [0.5, 0.6) is 5.75 Å². The molecule has 0 amide bonds. The van der Waals surface area contributed by atoms with Crippen LogP contribution in [0, 0.1) is 0 Å². The van der Waals surface area contributed by atoms with Crippen molar-refractivity contribution in [2.24, 2.45) is 0 Å². The molecule has 5 nitrogen and oxygen atoms in total. The van der Waals surface area contributed by atoms with Gasteiger partial charge in [0.15, 0.2) is 0 Å². The van der Waals surface area contributed by atoms with Crippen molar-refractivity contribution in [2.45, 2.75) is 38.5 Å². The van der Waals surface area contributed by atoms with E-state index in [9.17, 15) is 4.79 Å². The molecule has 1 aromatic rings. The smallest absolute Gasteiger partial charge is 0.338 e. The molecule has 24 heavy (non-hydrogen) atoms. The Kier molecular flexibility index (Phi) is 11.8. The van der Waals surface area contributed by atoms with Crippen LogP contribution in [0.3, 0.4) is 0 Å². The molecular formula is C19H30O5. The molecule has 0 saturated heterocycles. The quantitative estimate of drug-likeness (QED) is 0.381. The third kappa shape index (κ3) is 9.53. The first-order chi connectivity index (χ1) is 11.8. The lowest BCUT2D eigenvalue weighted by atomic mass is 10.2. The predicted molar refractivity (Wildman–Crippen MR) is 93.7 cm³/mol. The summed E-state index contributed by atoms with van der Waals surface area (Å²) < 4.78 is 20.9. The summed E-state index contributed by atoms with van der Waals surface area (Å²) >= 11 is 0. The van der Waals surface area contributed by atoms with E-state index >= 15 is 0 Å². The Bertz CT molecular complexity index is 430. The third-order valence-corrected chi connectivity index (χ3v) is 3.58. The summed E-state index contributed by atoms with van der Waals surface area (Å²) in [5.74, 6) is 0.487. The van der Waals surface area contributed by atoms with Gasteiger partial charge in [0.25, 0.3) is 0 Å². The zero-order chi connectivity index (χ0) is 17.5. The van der Waals surface area contributed by atoms with E-state index in [1.54, 1.807) is 38.5 Å². The number of unbranched alkanes of at least 4 members (excludes halogenated alkanes) is 4. The lowest BCUT2D eigenvalue weighted by Crippen LogP contribution is -2.06. The molecule has 1 aromatic carbocycles. The van der Waals surface area contributed by atoms with Crippen molar-refractivity contribution in [3.05, 3.63) is 29.8 Å². The van der Waals surface area contributed by atoms with Crippen LogP contribution < -0.4 is 4.74 Å². The van der Waals surface area contributed by atoms with Gasteiger partial charge in [0, 0.05) is 27.4 Å². The van der Waals surface area contributed by atoms with Crippen molar-refractivity contribution in [1.29, 1.82) is 0 Å². The first kappa shape index (κ1) is 20.5. The Morgan fingerprint density at radius 2 is 1.29 bits per heavy atom. The maximum atomic E-state index is 11.9. The number of carbonyl (C=O) groups excluding carboxylic acids is 1. The second kappa shape index (κ2) is 13.8. The maximum Gasteiger partial charge on any atom is 0.338 e. The summed E-state index contributed by atoms with van der Waals surface area (Å²) in [7, 11) is 3.40. The number of benzene rings is 1. The fourth-order valence-electron chi connectivity index (χ4n) is 2.18. The molecule has 1 rings (SSSR count). The SMILES string of the molecule is COCCCCCCOC(=O)c1ccc(OCCCCOC)cc1. The minimum absolute atomic E-state index is 0.279. The van der Waals surface area contributed by atoms with Crippen LogP contribution in [0.15, 0.2) is 24.3 Å². The van der Waals surface area contributed by atoms with Gasteiger partial charge >= 0.3 is 5.97 Å². The number of hydrogen-bond donors (Lipinski definition) is 0. The summed E-state index contributed by atoms with van der Waals surface area (Å²) in [6.45, 7) is 2.65. The van der Waals surface area contributed by atoms with Crippen LogP contribution >= 0.6 is 0 Å². The number of ether oxygens (including phenoxy) is 4. The molecule has 136 valence electrons. The molecule has 0 fully saturated rings. The number of hydrogen-bond acceptors (Lipinski definition) is 5. The zero-order valence-corrected chi connectivity index (χ0v) is 14.9. The summed E-state index contributed by atoms with van der Waals surface area (Å²) in [5, 5.41) is 0. The Balaban J connectivity index is 2.16. The highest BCUT2D eigenvalue weighted by Gasteiger charge is 2.07. The van der Waals surface area contributed by atoms with Gasteiger partial charge in [-0.15, -0.1) is 0 Å². The van der Waals surface area contributed by atoms with Crippen molar-refractivity contribution >= 4 is 5.97 Å². The summed E-state index contributed by atoms with van der Waals surface area (Å²) in [5.41, 5.74) is 0.557. The van der Waals surface area contributed by atoms with Gasteiger partial charge in [-0.25, -0.2) is 4.79 Å². The van der Waals surface area contributed by atoms with Crippen molar-refractivity contribution in [3.8, 4) is 5.75 Å². The molecule has 0 aliphatic heterocycles. The standard InChI is InChI=1S/C19H30O5/c1-21-13-5-3-4-6-16-24-19(20)17-9-11-18(12-10-17)23-15-8-7-14-22-2/h9-12H,3-8,13-16H2,1-2H3. The molecular weight excluding hydrogens is 308 g/mol. The minimum atomic E-state index is -0.279. The van der Waals surface area contributed by atoms with Crippen LogP contribution in [0.2, 0.25) is 0 Å². The van der Waals surface area contributed by atoms with E-state index in [2.05, 4.69) is 0 Å². The Morgan fingerprint density at radius 3 is 1.92 bits per heavy atom. The molecule has 0 radical (unpaired) electrons. The van der Waals surface area contributed by atoms with Crippen molar-refractivity contribution in [2.75, 3.05) is 40.6 Å². The van der Waals surface area contributed by atoms with E-state index in [0.29, 0.717) is 18.8 Å². The lowest BCUT2D eigenvalue weighted by molar-refractivity contribution is 0.0497. The molecule has 0 atom stereocenters. The maximum absolute atomic E-state index is 11.9. The first-order valence-corrected chi connectivity index (χ1v) is 8.65. The predicted octanol–water partition coefficient (Wildman–Crippen LogP) is 3.86. The van der Waals surface area contributed by atoms with Gasteiger partial charge in [-0.2, -0.15) is 0 Å². The van der Waals surface area contributed by atoms with Crippen molar-refractivity contribution < 1.29 is 23.7 Å². The molecule has 0 spiro atoms. The second-order valence-corrected chi connectivity index (χ2v) is 5.62. The molecule has 0 bridgehead atoms. The second-order valence-electron chi connectivity index (χ2n) is 5.62. The highest BCUT2D eigenvalue weighted by Crippen LogP contribution is 2.14. The van der Waals surface area contributed by atoms with E-state index in [1.165, 1.54) is 0 Å². The number of esters is 1. The minimum Gasteiger partial charge on any atom is -0.494 e. The first-order valence-electron chi connectivity index (χ1n) is 8.65. The monoisotopic (exact) mass is 338 g/mol. The largest absolute Gasteiger partial charge is 0.494 e. The third-order valence-electron chi connectivity index (χ3n) is 3.58. The molecule has 0 heterocycles. The van der Waals surface area contributed by atoms with Gasteiger partial charge < -0.3 is 18.9 Å². The van der Waals surface area contributed by atoms with E-state index in [0.717, 1.165) is 57.5 Å². The number of methoxy groups -OCH3 is 2. The Hall–Kier alpha value is -1.59. The topological polar surface area (TPSA) is 54.0 Å². The highest BCUT2D eigenvalue weighted by molar-refractivity contribution is 5.89. The van der Waals surface area contributed by atoms with Crippen molar-refractivity contribution in [1.82, 2.24) is 0 Å². The highest BCUT2D eigenvalue weighted by atomic mass is 16.5. The normalized spacial score (nSPS) is 10.6. The van der Waals surface area contributed by atoms with Gasteiger partial charge in [-0.1, -0.05) is 6.42 Å². The molecule has 5 heteroatoms. The average molecular weight is 338 g/mol. The number of carbonyl (C=O) groups is 1. The van der Waals surface area contributed by atoms with Gasteiger partial charge in [-0.05, 0) is 56.4 Å². The molecule has 0 aromatic heterocycles. The van der Waals surface area contributed by atoms with Gasteiger partial charge in [0.1, 0.15) is 5.75 Å². The van der Waals surface area contributed by atoms with E-state index in [-0.39, 0.29) is 5.97 Å². The van der Waals surface area contributed by atoms with Crippen LogP contribution in [-0.2, 0) is 14.2 Å². The average Bonchev–Trinajstić information content (AvgIpc) is 2.61. The Morgan fingerprint density at radius 1 is 0.750 bits per heavy atom. The molecule has 0 unspecified atom stereocenters. The summed E-state index contributed by atoms with van der Waals surface area (Å²) in [6.07, 6.45) is 6.01. The van der Waals surface area contributed by atoms with E-state index in [1.807, 2.05) is 0 Å². The van der Waals surface area contributed by atoms with Crippen LogP contribution in [-0.4, -0.2) is 46.6 Å². The number of rotatable bonds is 14. The van der Waals surface area contributed by atoms with Crippen LogP contribution in [0.4, 0.5) is 0 Å². The van der Waals surface area contributed by atoms with Gasteiger partial charge in [-0.3, -0.25) is 0 Å². The molecule has 0 aliphatic carbocycles. The van der Waals surface area contributed by atoms with Crippen molar-refractivity contribution in [3.63, 3.8) is 0 Å². The fourth-order valence-corrected chi connectivity index (χ4v) is 2.18. The zero-order valence-electron chi connectivity index (χ0n) is 14.9.